The smallest absolute Gasteiger partial charge is 0.415 e. The second-order valence-corrected chi connectivity index (χ2v) is 16.5. The number of likely N-dealkylation sites (N-methyl/N-ethyl adjacent to an activating group) is 2. The van der Waals surface area contributed by atoms with Crippen LogP contribution in [0.5, 0.6) is 11.5 Å². The van der Waals surface area contributed by atoms with Crippen LogP contribution in [0.25, 0.3) is 22.3 Å². The highest BCUT2D eigenvalue weighted by Gasteiger charge is 2.49. The Bertz CT molecular complexity index is 2650. The first-order valence-electron chi connectivity index (χ1n) is 21.0. The Morgan fingerprint density at radius 3 is 2.31 bits per heavy atom. The van der Waals surface area contributed by atoms with Gasteiger partial charge in [-0.05, 0) is 60.4 Å². The number of aliphatic hydroxyl groups is 4. The third-order valence-electron chi connectivity index (χ3n) is 12.0. The molecule has 5 heterocycles. The number of carbonyl (C=O) groups is 5. The monoisotopic (exact) mass is 902 g/mol. The molecular weight excluding hydrogens is 853 g/mol. The summed E-state index contributed by atoms with van der Waals surface area (Å²) in [5.41, 5.74) is 1.81. The van der Waals surface area contributed by atoms with Crippen LogP contribution in [0.1, 0.15) is 72.3 Å². The number of hydrogen-bond acceptors (Lipinski definition) is 16. The van der Waals surface area contributed by atoms with Crippen molar-refractivity contribution in [3.63, 3.8) is 0 Å². The molecule has 0 aliphatic carbocycles. The lowest BCUT2D eigenvalue weighted by atomic mass is 9.86. The minimum absolute atomic E-state index is 0.00491. The third kappa shape index (κ3) is 8.62. The van der Waals surface area contributed by atoms with E-state index in [2.05, 4.69) is 0 Å². The molecule has 20 heteroatoms. The van der Waals surface area contributed by atoms with E-state index < -0.39 is 72.1 Å². The number of cyclic esters (lactones) is 1. The van der Waals surface area contributed by atoms with Gasteiger partial charge in [-0.2, -0.15) is 0 Å². The number of aliphatic hydroxyl groups excluding tert-OH is 3. The second kappa shape index (κ2) is 18.2. The Morgan fingerprint density at radius 1 is 0.938 bits per heavy atom. The number of carboxylic acid groups (broad SMARTS) is 1. The van der Waals surface area contributed by atoms with Crippen LogP contribution in [0.15, 0.2) is 47.3 Å². The summed E-state index contributed by atoms with van der Waals surface area (Å²) in [5.74, 6) is -3.21. The maximum absolute atomic E-state index is 13.7. The van der Waals surface area contributed by atoms with Crippen molar-refractivity contribution < 1.29 is 73.2 Å². The number of carbonyl (C=O) groups excluding carboxylic acids is 4. The van der Waals surface area contributed by atoms with Crippen LogP contribution in [0.4, 0.5) is 9.59 Å². The van der Waals surface area contributed by atoms with Crippen LogP contribution in [-0.2, 0) is 55.6 Å². The Balaban J connectivity index is 0.976. The lowest BCUT2D eigenvalue weighted by molar-refractivity contribution is -0.271. The van der Waals surface area contributed by atoms with Crippen LogP contribution in [-0.4, -0.2) is 133 Å². The molecule has 2 aromatic heterocycles. The SMILES string of the molecule is CCc1c2c(nc3ccc(OC(=O)N(C)CCN(C)C(=O)OCc4ccc(O[C@@H]5O[C@H](C(=O)O)[C@@H](O)[C@H](O)[C@H]5O)c(C(=O)C(C)C)c4)cc13)-c1cc3c(c(=O)n1C2)COC(=O)[C@]3(O)CC. The van der Waals surface area contributed by atoms with Gasteiger partial charge in [0.05, 0.1) is 34.6 Å². The largest absolute Gasteiger partial charge is 0.479 e. The van der Waals surface area contributed by atoms with Crippen molar-refractivity contribution in [2.24, 2.45) is 5.92 Å². The number of pyridine rings is 2. The summed E-state index contributed by atoms with van der Waals surface area (Å²) in [5, 5.41) is 52.0. The van der Waals surface area contributed by atoms with Gasteiger partial charge in [0.1, 0.15) is 43.0 Å². The van der Waals surface area contributed by atoms with Gasteiger partial charge in [-0.25, -0.2) is 24.2 Å². The molecule has 0 saturated carbocycles. The molecule has 6 atom stereocenters. The molecule has 5 N–H and O–H groups in total. The van der Waals surface area contributed by atoms with E-state index >= 15 is 0 Å². The van der Waals surface area contributed by atoms with Gasteiger partial charge in [0.2, 0.25) is 6.29 Å². The Hall–Kier alpha value is -6.45. The standard InChI is InChI=1S/C45H50N4O16/c1-7-24-25-16-23(10-11-30(25)46-33-27(24)18-49-31(33)17-29-28(39(49)54)20-61-42(57)45(29,60)8-2)63-44(59)48(6)14-13-47(5)43(58)62-19-22-9-12-32(26(15-22)34(50)21(3)4)64-41-37(53)35(51)36(52)38(65-41)40(55)56/h9-12,15-17,21,35-38,41,51-53,60H,7-8,13-14,18-20H2,1-6H3,(H,55,56)/t35-,36-,37+,38-,41+,45-/m0/s1. The number of hydrogen-bond donors (Lipinski definition) is 5. The first-order chi connectivity index (χ1) is 30.8. The average Bonchev–Trinajstić information content (AvgIpc) is 3.65. The fourth-order valence-electron chi connectivity index (χ4n) is 8.07. The molecule has 65 heavy (non-hydrogen) atoms. The normalized spacial score (nSPS) is 22.1. The topological polar surface area (TPSA) is 274 Å². The number of aliphatic carboxylic acids is 1. The van der Waals surface area contributed by atoms with E-state index in [1.165, 1.54) is 42.1 Å². The molecule has 7 rings (SSSR count). The maximum Gasteiger partial charge on any atom is 0.415 e. The number of fused-ring (bicyclic) bond motifs is 5. The zero-order chi connectivity index (χ0) is 47.2. The van der Waals surface area contributed by atoms with Crippen molar-refractivity contribution >= 4 is 40.8 Å². The third-order valence-corrected chi connectivity index (χ3v) is 12.0. The summed E-state index contributed by atoms with van der Waals surface area (Å²) < 4.78 is 28.8. The van der Waals surface area contributed by atoms with Crippen molar-refractivity contribution in [1.29, 1.82) is 0 Å². The number of rotatable bonds is 13. The van der Waals surface area contributed by atoms with Crippen molar-refractivity contribution in [3.05, 3.63) is 86.2 Å². The fourth-order valence-corrected chi connectivity index (χ4v) is 8.07. The minimum atomic E-state index is -1.95. The van der Waals surface area contributed by atoms with Crippen LogP contribution in [0.3, 0.4) is 0 Å². The fraction of sp³-hybridized carbons (Fsp3) is 0.444. The van der Waals surface area contributed by atoms with Gasteiger partial charge in [-0.15, -0.1) is 0 Å². The first-order valence-corrected chi connectivity index (χ1v) is 21.0. The van der Waals surface area contributed by atoms with Crippen molar-refractivity contribution in [2.45, 2.75) is 96.6 Å². The van der Waals surface area contributed by atoms with Gasteiger partial charge in [0, 0.05) is 49.6 Å². The molecular formula is C45H50N4O16. The second-order valence-electron chi connectivity index (χ2n) is 16.5. The number of carboxylic acids is 1. The minimum Gasteiger partial charge on any atom is -0.479 e. The summed E-state index contributed by atoms with van der Waals surface area (Å²) in [6.07, 6.45) is -10.2. The number of nitrogens with zero attached hydrogens (tertiary/aromatic N) is 4. The lowest BCUT2D eigenvalue weighted by Gasteiger charge is -2.38. The summed E-state index contributed by atoms with van der Waals surface area (Å²) in [4.78, 5) is 84.6. The lowest BCUT2D eigenvalue weighted by Crippen LogP contribution is -2.61. The van der Waals surface area contributed by atoms with Gasteiger partial charge < -0.3 is 63.6 Å². The quantitative estimate of drug-likeness (QED) is 0.0838. The number of aromatic nitrogens is 2. The summed E-state index contributed by atoms with van der Waals surface area (Å²) in [6, 6.07) is 10.9. The highest BCUT2D eigenvalue weighted by molar-refractivity contribution is 6.00. The number of aryl methyl sites for hydroxylation is 1. The zero-order valence-corrected chi connectivity index (χ0v) is 36.5. The summed E-state index contributed by atoms with van der Waals surface area (Å²) in [6.45, 7) is 6.65. The molecule has 0 bridgehead atoms. The van der Waals surface area contributed by atoms with E-state index in [4.69, 9.17) is 28.7 Å². The molecule has 1 saturated heterocycles. The van der Waals surface area contributed by atoms with Crippen molar-refractivity contribution in [2.75, 3.05) is 27.2 Å². The molecule has 3 aliphatic rings. The Labute approximate surface area is 371 Å². The zero-order valence-electron chi connectivity index (χ0n) is 36.5. The van der Waals surface area contributed by atoms with Gasteiger partial charge in [-0.3, -0.25) is 9.59 Å². The molecule has 4 aromatic rings. The van der Waals surface area contributed by atoms with E-state index in [0.717, 1.165) is 11.1 Å². The Morgan fingerprint density at radius 2 is 1.65 bits per heavy atom. The van der Waals surface area contributed by atoms with Crippen molar-refractivity contribution in [1.82, 2.24) is 19.4 Å². The van der Waals surface area contributed by atoms with E-state index in [9.17, 15) is 54.3 Å². The van der Waals surface area contributed by atoms with Crippen LogP contribution < -0.4 is 15.0 Å². The average molecular weight is 903 g/mol. The van der Waals surface area contributed by atoms with Gasteiger partial charge >= 0.3 is 24.1 Å². The predicted octanol–water partition coefficient (Wildman–Crippen LogP) is 2.45. The Kier molecular flexibility index (Phi) is 13.0. The first kappa shape index (κ1) is 46.5. The predicted molar refractivity (Wildman–Crippen MR) is 226 cm³/mol. The molecule has 2 aromatic carbocycles. The summed E-state index contributed by atoms with van der Waals surface area (Å²) >= 11 is 0. The highest BCUT2D eigenvalue weighted by atomic mass is 16.7. The van der Waals surface area contributed by atoms with Gasteiger partial charge in [0.25, 0.3) is 5.56 Å². The number of ketones is 1. The van der Waals surface area contributed by atoms with E-state index in [1.807, 2.05) is 6.92 Å². The van der Waals surface area contributed by atoms with E-state index in [1.54, 1.807) is 49.6 Å². The van der Waals surface area contributed by atoms with Crippen LogP contribution in [0, 0.1) is 5.92 Å². The maximum atomic E-state index is 13.7. The molecule has 3 aliphatic heterocycles. The van der Waals surface area contributed by atoms with Gasteiger partial charge in [-0.1, -0.05) is 33.8 Å². The van der Waals surface area contributed by atoms with E-state index in [-0.39, 0.29) is 73.0 Å². The molecule has 0 radical (unpaired) electrons. The molecule has 0 unspecified atom stereocenters. The van der Waals surface area contributed by atoms with Crippen LogP contribution in [0.2, 0.25) is 0 Å². The van der Waals surface area contributed by atoms with Crippen LogP contribution >= 0.6 is 0 Å². The number of Topliss-reactive ketones (excluding diaryl/α,β-unsaturated/α-hetero) is 1. The molecule has 20 nitrogen and oxygen atoms in total. The van der Waals surface area contributed by atoms with E-state index in [0.29, 0.717) is 34.3 Å². The van der Waals surface area contributed by atoms with Gasteiger partial charge in [0.15, 0.2) is 17.5 Å². The number of amides is 2. The molecule has 346 valence electrons. The molecule has 0 spiro atoms. The number of ether oxygens (including phenoxy) is 5. The number of esters is 1. The summed E-state index contributed by atoms with van der Waals surface area (Å²) in [7, 11) is 2.97. The number of benzene rings is 2. The highest BCUT2D eigenvalue weighted by Crippen LogP contribution is 2.41. The molecule has 2 amide bonds. The molecule has 1 fully saturated rings. The van der Waals surface area contributed by atoms with Crippen molar-refractivity contribution in [3.8, 4) is 22.9 Å².